The molecule has 2 N–H and O–H groups in total. The van der Waals surface area contributed by atoms with Crippen molar-refractivity contribution in [3.05, 3.63) is 23.4 Å². The number of hydrogen-bond acceptors (Lipinski definition) is 3. The molecular formula is C12H13NO3. The van der Waals surface area contributed by atoms with Gasteiger partial charge in [-0.1, -0.05) is 6.07 Å². The Hall–Kier alpha value is -1.97. The molecule has 1 heterocycles. The number of benzene rings is 1. The number of rotatable bonds is 2. The van der Waals surface area contributed by atoms with Crippen LogP contribution in [0.4, 0.5) is 0 Å². The smallest absolute Gasteiger partial charge is 0.179 e. The van der Waals surface area contributed by atoms with Crippen molar-refractivity contribution in [1.82, 2.24) is 4.98 Å². The SMILES string of the molecule is COc1ccc(C)c2c(O)c(C(C)=O)[nH]c12. The number of fused-ring (bicyclic) bond motifs is 1. The highest BCUT2D eigenvalue weighted by molar-refractivity contribution is 6.05. The van der Waals surface area contributed by atoms with E-state index in [9.17, 15) is 9.90 Å². The number of aromatic hydroxyl groups is 1. The molecule has 4 heteroatoms. The summed E-state index contributed by atoms with van der Waals surface area (Å²) in [4.78, 5) is 14.2. The van der Waals surface area contributed by atoms with Crippen molar-refractivity contribution in [2.75, 3.05) is 7.11 Å². The predicted octanol–water partition coefficient (Wildman–Crippen LogP) is 2.39. The lowest BCUT2D eigenvalue weighted by Gasteiger charge is -2.03. The quantitative estimate of drug-likeness (QED) is 0.762. The Labute approximate surface area is 92.9 Å². The van der Waals surface area contributed by atoms with Gasteiger partial charge in [0, 0.05) is 12.3 Å². The number of ketones is 1. The summed E-state index contributed by atoms with van der Waals surface area (Å²) in [6, 6.07) is 3.65. The first-order valence-corrected chi connectivity index (χ1v) is 4.95. The molecule has 0 saturated carbocycles. The Balaban J connectivity index is 2.89. The number of Topliss-reactive ketones (excluding diaryl/α,β-unsaturated/α-hetero) is 1. The summed E-state index contributed by atoms with van der Waals surface area (Å²) in [6.07, 6.45) is 0. The van der Waals surface area contributed by atoms with Crippen LogP contribution in [0, 0.1) is 6.92 Å². The minimum absolute atomic E-state index is 0.00102. The molecule has 84 valence electrons. The van der Waals surface area contributed by atoms with Gasteiger partial charge in [0.1, 0.15) is 11.4 Å². The van der Waals surface area contributed by atoms with Gasteiger partial charge in [0.25, 0.3) is 0 Å². The standard InChI is InChI=1S/C12H13NO3/c1-6-4-5-8(16-3)11-9(6)12(15)10(13-11)7(2)14/h4-5,13,15H,1-3H3. The van der Waals surface area contributed by atoms with Gasteiger partial charge in [0.2, 0.25) is 0 Å². The molecule has 1 aromatic carbocycles. The molecule has 2 aromatic rings. The number of ether oxygens (including phenoxy) is 1. The average Bonchev–Trinajstić information content (AvgIpc) is 2.58. The van der Waals surface area contributed by atoms with Gasteiger partial charge in [-0.3, -0.25) is 4.79 Å². The van der Waals surface area contributed by atoms with Crippen LogP contribution in [0.25, 0.3) is 10.9 Å². The van der Waals surface area contributed by atoms with E-state index in [0.29, 0.717) is 16.7 Å². The molecule has 0 fully saturated rings. The number of nitrogens with one attached hydrogen (secondary N) is 1. The number of aryl methyl sites for hydroxylation is 1. The van der Waals surface area contributed by atoms with E-state index in [1.165, 1.54) is 6.92 Å². The van der Waals surface area contributed by atoms with Crippen LogP contribution >= 0.6 is 0 Å². The van der Waals surface area contributed by atoms with Crippen molar-refractivity contribution >= 4 is 16.7 Å². The maximum atomic E-state index is 11.3. The summed E-state index contributed by atoms with van der Waals surface area (Å²) in [5.41, 5.74) is 1.78. The highest BCUT2D eigenvalue weighted by Gasteiger charge is 2.18. The van der Waals surface area contributed by atoms with Gasteiger partial charge in [0.05, 0.1) is 12.6 Å². The van der Waals surface area contributed by atoms with Gasteiger partial charge in [-0.15, -0.1) is 0 Å². The molecule has 1 aromatic heterocycles. The van der Waals surface area contributed by atoms with Crippen molar-refractivity contribution in [3.8, 4) is 11.5 Å². The average molecular weight is 219 g/mol. The first kappa shape index (κ1) is 10.5. The molecule has 0 radical (unpaired) electrons. The highest BCUT2D eigenvalue weighted by Crippen LogP contribution is 2.36. The molecule has 0 aliphatic carbocycles. The van der Waals surface area contributed by atoms with Crippen molar-refractivity contribution in [3.63, 3.8) is 0 Å². The Bertz CT molecular complexity index is 569. The van der Waals surface area contributed by atoms with Crippen LogP contribution in [-0.4, -0.2) is 23.0 Å². The zero-order chi connectivity index (χ0) is 11.9. The van der Waals surface area contributed by atoms with Crippen LogP contribution in [0.5, 0.6) is 11.5 Å². The van der Waals surface area contributed by atoms with E-state index in [4.69, 9.17) is 4.74 Å². The maximum absolute atomic E-state index is 11.3. The minimum Gasteiger partial charge on any atom is -0.505 e. The molecule has 0 amide bonds. The van der Waals surface area contributed by atoms with E-state index >= 15 is 0 Å². The third-order valence-corrected chi connectivity index (χ3v) is 2.67. The Morgan fingerprint density at radius 2 is 2.12 bits per heavy atom. The zero-order valence-corrected chi connectivity index (χ0v) is 9.42. The second kappa shape index (κ2) is 3.56. The summed E-state index contributed by atoms with van der Waals surface area (Å²) in [7, 11) is 1.55. The van der Waals surface area contributed by atoms with E-state index in [-0.39, 0.29) is 17.2 Å². The number of H-pyrrole nitrogens is 1. The molecule has 4 nitrogen and oxygen atoms in total. The molecule has 0 spiro atoms. The largest absolute Gasteiger partial charge is 0.505 e. The monoisotopic (exact) mass is 219 g/mol. The highest BCUT2D eigenvalue weighted by atomic mass is 16.5. The van der Waals surface area contributed by atoms with E-state index in [2.05, 4.69) is 4.98 Å². The van der Waals surface area contributed by atoms with Gasteiger partial charge in [-0.25, -0.2) is 0 Å². The number of carbonyl (C=O) groups is 1. The predicted molar refractivity (Wildman–Crippen MR) is 61.3 cm³/mol. The fourth-order valence-electron chi connectivity index (χ4n) is 1.85. The molecule has 0 unspecified atom stereocenters. The normalized spacial score (nSPS) is 10.7. The third kappa shape index (κ3) is 1.34. The number of carbonyl (C=O) groups excluding carboxylic acids is 1. The first-order valence-electron chi connectivity index (χ1n) is 4.95. The number of aromatic nitrogens is 1. The third-order valence-electron chi connectivity index (χ3n) is 2.67. The van der Waals surface area contributed by atoms with Crippen molar-refractivity contribution < 1.29 is 14.6 Å². The van der Waals surface area contributed by atoms with Crippen LogP contribution in [0.3, 0.4) is 0 Å². The molecule has 0 saturated heterocycles. The molecule has 16 heavy (non-hydrogen) atoms. The summed E-state index contributed by atoms with van der Waals surface area (Å²) in [5, 5.41) is 10.6. The van der Waals surface area contributed by atoms with Crippen LogP contribution in [0.15, 0.2) is 12.1 Å². The van der Waals surface area contributed by atoms with Crippen LogP contribution in [0.1, 0.15) is 23.0 Å². The lowest BCUT2D eigenvalue weighted by molar-refractivity contribution is 0.101. The fourth-order valence-corrected chi connectivity index (χ4v) is 1.85. The van der Waals surface area contributed by atoms with Crippen LogP contribution in [-0.2, 0) is 0 Å². The molecule has 0 atom stereocenters. The second-order valence-electron chi connectivity index (χ2n) is 3.74. The van der Waals surface area contributed by atoms with Gasteiger partial charge in [0.15, 0.2) is 11.5 Å². The topological polar surface area (TPSA) is 62.3 Å². The second-order valence-corrected chi connectivity index (χ2v) is 3.74. The summed E-state index contributed by atoms with van der Waals surface area (Å²) >= 11 is 0. The Morgan fingerprint density at radius 3 is 2.69 bits per heavy atom. The van der Waals surface area contributed by atoms with Crippen molar-refractivity contribution in [2.24, 2.45) is 0 Å². The summed E-state index contributed by atoms with van der Waals surface area (Å²) in [5.74, 6) is 0.414. The molecular weight excluding hydrogens is 206 g/mol. The van der Waals surface area contributed by atoms with Crippen LogP contribution < -0.4 is 4.74 Å². The minimum atomic E-state index is -0.199. The summed E-state index contributed by atoms with van der Waals surface area (Å²) < 4.78 is 5.18. The maximum Gasteiger partial charge on any atom is 0.179 e. The van der Waals surface area contributed by atoms with E-state index in [1.54, 1.807) is 13.2 Å². The van der Waals surface area contributed by atoms with Crippen molar-refractivity contribution in [1.29, 1.82) is 0 Å². The molecule has 2 rings (SSSR count). The fraction of sp³-hybridized carbons (Fsp3) is 0.250. The number of hydrogen-bond donors (Lipinski definition) is 2. The zero-order valence-electron chi connectivity index (χ0n) is 9.42. The van der Waals surface area contributed by atoms with Gasteiger partial charge < -0.3 is 14.8 Å². The lowest BCUT2D eigenvalue weighted by atomic mass is 10.1. The Morgan fingerprint density at radius 1 is 1.44 bits per heavy atom. The molecule has 0 aliphatic heterocycles. The molecule has 0 aliphatic rings. The molecule has 0 bridgehead atoms. The Kier molecular flexibility index (Phi) is 2.34. The van der Waals surface area contributed by atoms with Crippen molar-refractivity contribution in [2.45, 2.75) is 13.8 Å². The van der Waals surface area contributed by atoms with Gasteiger partial charge in [-0.05, 0) is 18.6 Å². The summed E-state index contributed by atoms with van der Waals surface area (Å²) in [6.45, 7) is 3.28. The van der Waals surface area contributed by atoms with E-state index < -0.39 is 0 Å². The lowest BCUT2D eigenvalue weighted by Crippen LogP contribution is -1.91. The first-order chi connectivity index (χ1) is 7.56. The van der Waals surface area contributed by atoms with Gasteiger partial charge >= 0.3 is 0 Å². The van der Waals surface area contributed by atoms with Gasteiger partial charge in [-0.2, -0.15) is 0 Å². The van der Waals surface area contributed by atoms with Crippen LogP contribution in [0.2, 0.25) is 0 Å². The number of methoxy groups -OCH3 is 1. The number of aromatic amines is 1. The van der Waals surface area contributed by atoms with E-state index in [1.807, 2.05) is 13.0 Å². The van der Waals surface area contributed by atoms with E-state index in [0.717, 1.165) is 5.56 Å².